The Morgan fingerprint density at radius 2 is 2.18 bits per heavy atom. The van der Waals surface area contributed by atoms with Crippen molar-refractivity contribution in [3.05, 3.63) is 23.2 Å². The average molecular weight is 172 g/mol. The summed E-state index contributed by atoms with van der Waals surface area (Å²) < 4.78 is 22.9. The predicted molar refractivity (Wildman–Crippen MR) is 41.1 cm³/mol. The molecule has 0 amide bonds. The molecule has 60 valence electrons. The lowest BCUT2D eigenvalue weighted by Gasteiger charge is -2.31. The second kappa shape index (κ2) is 2.64. The van der Waals surface area contributed by atoms with Gasteiger partial charge in [0.15, 0.2) is 6.20 Å². The highest BCUT2D eigenvalue weighted by Crippen LogP contribution is 2.17. The summed E-state index contributed by atoms with van der Waals surface area (Å²) in [6.45, 7) is 7.25. The molecular weight excluding hydrogens is 164 g/mol. The standard InChI is InChI=1S/C6H8N2O2S/c1-7-3-6-4-8(5-6)11(2,9)10/h3H,4-5H2,2H3. The van der Waals surface area contributed by atoms with Crippen molar-refractivity contribution in [2.75, 3.05) is 19.3 Å². The molecule has 0 saturated carbocycles. The lowest BCUT2D eigenvalue weighted by molar-refractivity contribution is 0.395. The van der Waals surface area contributed by atoms with Crippen molar-refractivity contribution >= 4 is 10.0 Å². The molecule has 0 aromatic carbocycles. The normalized spacial score (nSPS) is 18.7. The zero-order valence-corrected chi connectivity index (χ0v) is 6.93. The van der Waals surface area contributed by atoms with Crippen molar-refractivity contribution in [2.45, 2.75) is 0 Å². The first-order valence-corrected chi connectivity index (χ1v) is 4.88. The zero-order valence-electron chi connectivity index (χ0n) is 6.11. The smallest absolute Gasteiger partial charge is 0.211 e. The van der Waals surface area contributed by atoms with E-state index in [4.69, 9.17) is 6.57 Å². The van der Waals surface area contributed by atoms with Gasteiger partial charge in [0.25, 0.3) is 0 Å². The summed E-state index contributed by atoms with van der Waals surface area (Å²) in [6.07, 6.45) is 2.54. The lowest BCUT2D eigenvalue weighted by atomic mass is 10.2. The maximum absolute atomic E-state index is 10.8. The largest absolute Gasteiger partial charge is 0.246 e. The second-order valence-corrected chi connectivity index (χ2v) is 4.43. The number of rotatable bonds is 1. The van der Waals surface area contributed by atoms with Gasteiger partial charge in [-0.1, -0.05) is 0 Å². The van der Waals surface area contributed by atoms with Gasteiger partial charge >= 0.3 is 0 Å². The van der Waals surface area contributed by atoms with Crippen LogP contribution in [-0.4, -0.2) is 32.1 Å². The fourth-order valence-corrected chi connectivity index (χ4v) is 1.61. The Bertz CT molecular complexity index is 315. The molecule has 1 fully saturated rings. The molecule has 1 rings (SSSR count). The van der Waals surface area contributed by atoms with E-state index >= 15 is 0 Å². The van der Waals surface area contributed by atoms with Gasteiger partial charge in [-0.05, 0) is 5.57 Å². The van der Waals surface area contributed by atoms with E-state index in [0.717, 1.165) is 5.57 Å². The molecule has 1 aliphatic rings. The molecule has 0 N–H and O–H groups in total. The van der Waals surface area contributed by atoms with Gasteiger partial charge in [-0.2, -0.15) is 4.31 Å². The topological polar surface area (TPSA) is 41.7 Å². The van der Waals surface area contributed by atoms with Gasteiger partial charge < -0.3 is 0 Å². The van der Waals surface area contributed by atoms with Crippen LogP contribution < -0.4 is 0 Å². The molecule has 5 heteroatoms. The number of sulfonamides is 1. The van der Waals surface area contributed by atoms with Gasteiger partial charge in [0, 0.05) is 13.1 Å². The van der Waals surface area contributed by atoms with Crippen molar-refractivity contribution < 1.29 is 8.42 Å². The lowest BCUT2D eigenvalue weighted by Crippen LogP contribution is -2.43. The number of nitrogens with zero attached hydrogens (tertiary/aromatic N) is 2. The molecule has 0 unspecified atom stereocenters. The van der Waals surface area contributed by atoms with Crippen molar-refractivity contribution in [3.63, 3.8) is 0 Å². The van der Waals surface area contributed by atoms with Crippen LogP contribution in [0, 0.1) is 6.57 Å². The van der Waals surface area contributed by atoms with E-state index in [1.807, 2.05) is 0 Å². The SMILES string of the molecule is [C-]#[N+]C=C1CN(S(C)(=O)=O)C1. The van der Waals surface area contributed by atoms with Crippen LogP contribution in [0.5, 0.6) is 0 Å². The Morgan fingerprint density at radius 1 is 1.64 bits per heavy atom. The van der Waals surface area contributed by atoms with Crippen LogP contribution in [0.4, 0.5) is 0 Å². The van der Waals surface area contributed by atoms with Crippen molar-refractivity contribution in [3.8, 4) is 0 Å². The highest BCUT2D eigenvalue weighted by Gasteiger charge is 2.26. The number of hydrogen-bond acceptors (Lipinski definition) is 2. The Hall–Kier alpha value is -0.860. The quantitative estimate of drug-likeness (QED) is 0.525. The fourth-order valence-electron chi connectivity index (χ4n) is 0.814. The number of hydrogen-bond donors (Lipinski definition) is 0. The van der Waals surface area contributed by atoms with Crippen LogP contribution >= 0.6 is 0 Å². The maximum Gasteiger partial charge on any atom is 0.211 e. The summed E-state index contributed by atoms with van der Waals surface area (Å²) in [4.78, 5) is 3.04. The molecule has 0 aliphatic carbocycles. The first-order valence-electron chi connectivity index (χ1n) is 3.03. The summed E-state index contributed by atoms with van der Waals surface area (Å²) in [5.41, 5.74) is 0.880. The van der Waals surface area contributed by atoms with Crippen LogP contribution in [0.2, 0.25) is 0 Å². The third kappa shape index (κ3) is 1.79. The van der Waals surface area contributed by atoms with Gasteiger partial charge in [-0.3, -0.25) is 0 Å². The van der Waals surface area contributed by atoms with Gasteiger partial charge in [-0.25, -0.2) is 13.3 Å². The van der Waals surface area contributed by atoms with Gasteiger partial charge in [-0.15, -0.1) is 0 Å². The Balaban J connectivity index is 2.57. The molecule has 1 aliphatic heterocycles. The zero-order chi connectivity index (χ0) is 8.48. The summed E-state index contributed by atoms with van der Waals surface area (Å²) >= 11 is 0. The Kier molecular flexibility index (Phi) is 1.98. The molecule has 1 saturated heterocycles. The molecule has 0 aromatic rings. The third-order valence-electron chi connectivity index (χ3n) is 1.48. The molecule has 0 bridgehead atoms. The van der Waals surface area contributed by atoms with Gasteiger partial charge in [0.1, 0.15) is 0 Å². The third-order valence-corrected chi connectivity index (χ3v) is 2.67. The molecule has 0 aromatic heterocycles. The minimum Gasteiger partial charge on any atom is -0.246 e. The van der Waals surface area contributed by atoms with E-state index in [0.29, 0.717) is 13.1 Å². The van der Waals surface area contributed by atoms with E-state index in [1.54, 1.807) is 0 Å². The molecule has 0 spiro atoms. The van der Waals surface area contributed by atoms with Gasteiger partial charge in [0.2, 0.25) is 10.0 Å². The van der Waals surface area contributed by atoms with E-state index in [-0.39, 0.29) is 0 Å². The van der Waals surface area contributed by atoms with Crippen LogP contribution in [0.3, 0.4) is 0 Å². The van der Waals surface area contributed by atoms with E-state index in [2.05, 4.69) is 4.85 Å². The van der Waals surface area contributed by atoms with Crippen molar-refractivity contribution in [1.29, 1.82) is 0 Å². The maximum atomic E-state index is 10.8. The molecule has 1 heterocycles. The minimum absolute atomic E-state index is 0.390. The predicted octanol–water partition coefficient (Wildman–Crippen LogP) is 0.0648. The molecular formula is C6H8N2O2S. The minimum atomic E-state index is -3.03. The van der Waals surface area contributed by atoms with Crippen molar-refractivity contribution in [2.24, 2.45) is 0 Å². The Morgan fingerprint density at radius 3 is 2.55 bits per heavy atom. The molecule has 0 radical (unpaired) electrons. The van der Waals surface area contributed by atoms with Crippen molar-refractivity contribution in [1.82, 2.24) is 4.31 Å². The van der Waals surface area contributed by atoms with Crippen LogP contribution in [0.1, 0.15) is 0 Å². The van der Waals surface area contributed by atoms with Crippen LogP contribution in [0.25, 0.3) is 4.85 Å². The monoisotopic (exact) mass is 172 g/mol. The summed E-state index contributed by atoms with van der Waals surface area (Å²) in [6, 6.07) is 0. The summed E-state index contributed by atoms with van der Waals surface area (Å²) in [7, 11) is -3.03. The highest BCUT2D eigenvalue weighted by molar-refractivity contribution is 7.88. The fraction of sp³-hybridized carbons (Fsp3) is 0.500. The van der Waals surface area contributed by atoms with E-state index in [9.17, 15) is 8.42 Å². The first kappa shape index (κ1) is 8.24. The molecule has 11 heavy (non-hydrogen) atoms. The Labute approximate surface area is 66.0 Å². The van der Waals surface area contributed by atoms with Gasteiger partial charge in [0.05, 0.1) is 12.8 Å². The van der Waals surface area contributed by atoms with E-state index < -0.39 is 10.0 Å². The van der Waals surface area contributed by atoms with Crippen LogP contribution in [0.15, 0.2) is 11.8 Å². The first-order chi connectivity index (χ1) is 5.04. The molecule has 0 atom stereocenters. The second-order valence-electron chi connectivity index (χ2n) is 2.45. The molecule has 4 nitrogen and oxygen atoms in total. The summed E-state index contributed by atoms with van der Waals surface area (Å²) in [5.74, 6) is 0. The van der Waals surface area contributed by atoms with E-state index in [1.165, 1.54) is 16.8 Å². The van der Waals surface area contributed by atoms with Crippen LogP contribution in [-0.2, 0) is 10.0 Å². The average Bonchev–Trinajstić information content (AvgIpc) is 1.74. The summed E-state index contributed by atoms with van der Waals surface area (Å²) in [5, 5.41) is 0. The highest BCUT2D eigenvalue weighted by atomic mass is 32.2.